The van der Waals surface area contributed by atoms with Crippen molar-refractivity contribution in [1.82, 2.24) is 19.9 Å². The van der Waals surface area contributed by atoms with Crippen LogP contribution in [0.4, 0.5) is 5.82 Å². The van der Waals surface area contributed by atoms with Crippen molar-refractivity contribution < 1.29 is 5.11 Å². The van der Waals surface area contributed by atoms with Crippen LogP contribution in [0.25, 0.3) is 11.3 Å². The van der Waals surface area contributed by atoms with Gasteiger partial charge in [-0.1, -0.05) is 29.3 Å². The molecule has 1 aliphatic carbocycles. The van der Waals surface area contributed by atoms with Gasteiger partial charge in [0.1, 0.15) is 10.8 Å². The first-order valence-electron chi connectivity index (χ1n) is 10.9. The molecule has 0 amide bonds. The highest BCUT2D eigenvalue weighted by molar-refractivity contribution is 6.42. The van der Waals surface area contributed by atoms with Crippen LogP contribution in [0.2, 0.25) is 10.2 Å². The SMILES string of the molecule is Cc1cnc2c(c1)CC1(CCN(c3nc(C)c(-c4ccnc(Cl)c4Cl)nc3CO)CC1)C2. The molecule has 1 fully saturated rings. The normalized spacial score (nSPS) is 17.1. The molecule has 166 valence electrons. The lowest BCUT2D eigenvalue weighted by Crippen LogP contribution is -2.41. The van der Waals surface area contributed by atoms with Gasteiger partial charge >= 0.3 is 0 Å². The average Bonchev–Trinajstić information content (AvgIpc) is 3.13. The summed E-state index contributed by atoms with van der Waals surface area (Å²) >= 11 is 12.5. The molecule has 1 saturated heterocycles. The van der Waals surface area contributed by atoms with Crippen LogP contribution >= 0.6 is 23.2 Å². The van der Waals surface area contributed by atoms with E-state index in [-0.39, 0.29) is 17.2 Å². The summed E-state index contributed by atoms with van der Waals surface area (Å²) in [6.45, 7) is 5.59. The molecule has 0 bridgehead atoms. The Morgan fingerprint density at radius 1 is 1.09 bits per heavy atom. The number of aliphatic hydroxyl groups is 1. The molecule has 32 heavy (non-hydrogen) atoms. The maximum atomic E-state index is 10.1. The fourth-order valence-corrected chi connectivity index (χ4v) is 5.46. The van der Waals surface area contributed by atoms with Gasteiger partial charge in [0.25, 0.3) is 0 Å². The molecule has 2 aliphatic rings. The number of aromatic nitrogens is 4. The van der Waals surface area contributed by atoms with E-state index >= 15 is 0 Å². The lowest BCUT2D eigenvalue weighted by Gasteiger charge is -2.40. The Morgan fingerprint density at radius 3 is 2.62 bits per heavy atom. The van der Waals surface area contributed by atoms with Gasteiger partial charge in [-0.2, -0.15) is 0 Å². The lowest BCUT2D eigenvalue weighted by atomic mass is 9.76. The standard InChI is InChI=1S/C24H25Cl2N5O/c1-14-9-16-10-24(11-18(16)28-12-14)4-7-31(8-5-24)23-19(13-32)30-21(15(2)29-23)17-3-6-27-22(26)20(17)25/h3,6,9,12,32H,4-5,7-8,10-11,13H2,1-2H3. The van der Waals surface area contributed by atoms with E-state index in [1.165, 1.54) is 16.8 Å². The number of nitrogens with zero attached hydrogens (tertiary/aromatic N) is 5. The van der Waals surface area contributed by atoms with Gasteiger partial charge in [-0.05, 0) is 62.1 Å². The molecule has 3 aromatic heterocycles. The summed E-state index contributed by atoms with van der Waals surface area (Å²) in [6, 6.07) is 4.06. The Labute approximate surface area is 197 Å². The summed E-state index contributed by atoms with van der Waals surface area (Å²) in [5, 5.41) is 10.6. The zero-order valence-corrected chi connectivity index (χ0v) is 19.7. The van der Waals surface area contributed by atoms with E-state index < -0.39 is 0 Å². The summed E-state index contributed by atoms with van der Waals surface area (Å²) in [4.78, 5) is 20.5. The number of halogens is 2. The molecule has 4 heterocycles. The molecule has 3 aromatic rings. The minimum Gasteiger partial charge on any atom is -0.390 e. The van der Waals surface area contributed by atoms with Gasteiger partial charge in [-0.3, -0.25) is 4.98 Å². The summed E-state index contributed by atoms with van der Waals surface area (Å²) in [5.74, 6) is 0.754. The minimum atomic E-state index is -0.192. The number of fused-ring (bicyclic) bond motifs is 1. The number of rotatable bonds is 3. The van der Waals surface area contributed by atoms with E-state index in [1.807, 2.05) is 13.1 Å². The number of hydrogen-bond donors (Lipinski definition) is 1. The highest BCUT2D eigenvalue weighted by Crippen LogP contribution is 2.45. The zero-order valence-electron chi connectivity index (χ0n) is 18.2. The largest absolute Gasteiger partial charge is 0.390 e. The van der Waals surface area contributed by atoms with Gasteiger partial charge in [0.05, 0.1) is 23.0 Å². The van der Waals surface area contributed by atoms with Crippen LogP contribution in [0.1, 0.15) is 41.1 Å². The van der Waals surface area contributed by atoms with E-state index in [0.29, 0.717) is 22.0 Å². The summed E-state index contributed by atoms with van der Waals surface area (Å²) in [6.07, 6.45) is 7.86. The predicted octanol–water partition coefficient (Wildman–Crippen LogP) is 4.73. The van der Waals surface area contributed by atoms with Crippen LogP contribution in [0.15, 0.2) is 24.5 Å². The number of pyridine rings is 2. The van der Waals surface area contributed by atoms with E-state index in [2.05, 4.69) is 27.9 Å². The van der Waals surface area contributed by atoms with E-state index in [1.54, 1.807) is 12.3 Å². The molecule has 1 spiro atoms. The fraction of sp³-hybridized carbons (Fsp3) is 0.417. The Hall–Kier alpha value is -2.28. The third-order valence-corrected chi connectivity index (χ3v) is 7.57. The molecule has 0 aromatic carbocycles. The van der Waals surface area contributed by atoms with Crippen molar-refractivity contribution >= 4 is 29.0 Å². The van der Waals surface area contributed by atoms with Crippen molar-refractivity contribution in [2.45, 2.75) is 46.1 Å². The number of piperidine rings is 1. The second-order valence-electron chi connectivity index (χ2n) is 9.01. The first kappa shape index (κ1) is 21.6. The second-order valence-corrected chi connectivity index (χ2v) is 9.74. The van der Waals surface area contributed by atoms with Crippen LogP contribution < -0.4 is 4.90 Å². The van der Waals surface area contributed by atoms with Crippen molar-refractivity contribution in [2.75, 3.05) is 18.0 Å². The third kappa shape index (κ3) is 3.74. The van der Waals surface area contributed by atoms with Crippen LogP contribution in [0, 0.1) is 19.3 Å². The van der Waals surface area contributed by atoms with Crippen LogP contribution in [0.3, 0.4) is 0 Å². The molecule has 1 aliphatic heterocycles. The van der Waals surface area contributed by atoms with E-state index in [9.17, 15) is 5.11 Å². The van der Waals surface area contributed by atoms with Crippen molar-refractivity contribution in [1.29, 1.82) is 0 Å². The average molecular weight is 470 g/mol. The van der Waals surface area contributed by atoms with Gasteiger partial charge in [0, 0.05) is 36.7 Å². The van der Waals surface area contributed by atoms with Crippen molar-refractivity contribution in [3.8, 4) is 11.3 Å². The Kier molecular flexibility index (Phi) is 5.56. The molecule has 1 N–H and O–H groups in total. The second kappa shape index (κ2) is 8.25. The maximum Gasteiger partial charge on any atom is 0.153 e. The molecule has 0 atom stereocenters. The zero-order chi connectivity index (χ0) is 22.5. The lowest BCUT2D eigenvalue weighted by molar-refractivity contribution is 0.230. The summed E-state index contributed by atoms with van der Waals surface area (Å²) in [5.41, 5.74) is 6.76. The molecular formula is C24H25Cl2N5O. The number of anilines is 1. The number of hydrogen-bond acceptors (Lipinski definition) is 6. The molecule has 0 unspecified atom stereocenters. The topological polar surface area (TPSA) is 75.0 Å². The molecule has 0 saturated carbocycles. The smallest absolute Gasteiger partial charge is 0.153 e. The molecule has 5 rings (SSSR count). The first-order valence-corrected chi connectivity index (χ1v) is 11.6. The molecule has 6 nitrogen and oxygen atoms in total. The third-order valence-electron chi connectivity index (χ3n) is 6.80. The maximum absolute atomic E-state index is 10.1. The van der Waals surface area contributed by atoms with E-state index in [4.69, 9.17) is 33.2 Å². The van der Waals surface area contributed by atoms with Crippen LogP contribution in [0.5, 0.6) is 0 Å². The number of aryl methyl sites for hydroxylation is 2. The van der Waals surface area contributed by atoms with Crippen LogP contribution in [-0.2, 0) is 19.4 Å². The van der Waals surface area contributed by atoms with Gasteiger partial charge in [0.2, 0.25) is 0 Å². The highest BCUT2D eigenvalue weighted by Gasteiger charge is 2.41. The Morgan fingerprint density at radius 2 is 1.88 bits per heavy atom. The Balaban J connectivity index is 1.39. The predicted molar refractivity (Wildman–Crippen MR) is 126 cm³/mol. The van der Waals surface area contributed by atoms with Gasteiger partial charge < -0.3 is 10.0 Å². The molecule has 0 radical (unpaired) electrons. The number of aliphatic hydroxyl groups excluding tert-OH is 1. The van der Waals surface area contributed by atoms with Gasteiger partial charge in [-0.15, -0.1) is 0 Å². The van der Waals surface area contributed by atoms with Gasteiger partial charge in [0.15, 0.2) is 5.82 Å². The first-order chi connectivity index (χ1) is 15.4. The van der Waals surface area contributed by atoms with E-state index in [0.717, 1.165) is 50.3 Å². The summed E-state index contributed by atoms with van der Waals surface area (Å²) < 4.78 is 0. The monoisotopic (exact) mass is 469 g/mol. The fourth-order valence-electron chi connectivity index (χ4n) is 5.10. The van der Waals surface area contributed by atoms with Gasteiger partial charge in [-0.25, -0.2) is 15.0 Å². The van der Waals surface area contributed by atoms with Crippen molar-refractivity contribution in [3.63, 3.8) is 0 Å². The van der Waals surface area contributed by atoms with Crippen molar-refractivity contribution in [3.05, 3.63) is 62.9 Å². The Bertz CT molecular complexity index is 1190. The highest BCUT2D eigenvalue weighted by atomic mass is 35.5. The minimum absolute atomic E-state index is 0.192. The summed E-state index contributed by atoms with van der Waals surface area (Å²) in [7, 11) is 0. The molecular weight excluding hydrogens is 445 g/mol. The van der Waals surface area contributed by atoms with Crippen LogP contribution in [-0.4, -0.2) is 38.1 Å². The quantitative estimate of drug-likeness (QED) is 0.558. The van der Waals surface area contributed by atoms with Crippen molar-refractivity contribution in [2.24, 2.45) is 5.41 Å². The molecule has 8 heteroatoms.